The number of nitrogens with one attached hydrogen (secondary N) is 1. The molecule has 0 aliphatic heterocycles. The molecule has 0 radical (unpaired) electrons. The van der Waals surface area contributed by atoms with Crippen LogP contribution in [0.3, 0.4) is 0 Å². The van der Waals surface area contributed by atoms with E-state index in [1.165, 1.54) is 12.3 Å². The van der Waals surface area contributed by atoms with Gasteiger partial charge in [0.25, 0.3) is 5.91 Å². The Bertz CT molecular complexity index is 607. The van der Waals surface area contributed by atoms with Crippen LogP contribution >= 0.6 is 23.1 Å². The normalized spacial score (nSPS) is 11.4. The van der Waals surface area contributed by atoms with Crippen molar-refractivity contribution < 1.29 is 4.79 Å². The Morgan fingerprint density at radius 3 is 2.79 bits per heavy atom. The molecular weight excluding hydrogens is 286 g/mol. The summed E-state index contributed by atoms with van der Waals surface area (Å²) in [6.45, 7) is 5.91. The molecule has 2 aromatic rings. The van der Waals surface area contributed by atoms with E-state index in [1.54, 1.807) is 0 Å². The van der Waals surface area contributed by atoms with E-state index in [0.717, 1.165) is 11.5 Å². The largest absolute Gasteiger partial charge is 0.290 e. The van der Waals surface area contributed by atoms with Gasteiger partial charge in [0, 0.05) is 11.6 Å². The van der Waals surface area contributed by atoms with Gasteiger partial charge in [0.2, 0.25) is 5.95 Å². The zero-order chi connectivity index (χ0) is 14.0. The molecule has 100 valence electrons. The fourth-order valence-electron chi connectivity index (χ4n) is 1.39. The van der Waals surface area contributed by atoms with Gasteiger partial charge in [0.15, 0.2) is 0 Å². The predicted molar refractivity (Wildman–Crippen MR) is 73.6 cm³/mol. The van der Waals surface area contributed by atoms with Gasteiger partial charge in [-0.05, 0) is 17.6 Å². The number of carbonyl (C=O) groups excluding carboxylic acids is 1. The topological polar surface area (TPSA) is 80.7 Å². The summed E-state index contributed by atoms with van der Waals surface area (Å²) in [5.41, 5.74) is 0.395. The van der Waals surface area contributed by atoms with Crippen LogP contribution in [-0.2, 0) is 5.41 Å². The summed E-state index contributed by atoms with van der Waals surface area (Å²) in [5.74, 6) is -0.173. The molecule has 0 aromatic carbocycles. The van der Waals surface area contributed by atoms with Crippen LogP contribution in [0.25, 0.3) is 0 Å². The van der Waals surface area contributed by atoms with Crippen molar-refractivity contribution in [3.63, 3.8) is 0 Å². The van der Waals surface area contributed by atoms with Crippen molar-refractivity contribution in [3.8, 4) is 0 Å². The average molecular weight is 298 g/mol. The zero-order valence-corrected chi connectivity index (χ0v) is 12.2. The Labute approximate surface area is 119 Å². The number of rotatable bonds is 2. The number of hydrogen-bond donors (Lipinski definition) is 1. The average Bonchev–Trinajstić information content (AvgIpc) is 2.77. The number of anilines is 1. The summed E-state index contributed by atoms with van der Waals surface area (Å²) < 4.78 is 3.83. The van der Waals surface area contributed by atoms with Gasteiger partial charge in [-0.3, -0.25) is 10.1 Å². The summed E-state index contributed by atoms with van der Waals surface area (Å²) in [5, 5.41) is 6.86. The van der Waals surface area contributed by atoms with Crippen LogP contribution in [0, 0.1) is 0 Å². The van der Waals surface area contributed by atoms with Crippen molar-refractivity contribution in [1.82, 2.24) is 19.6 Å². The van der Waals surface area contributed by atoms with Gasteiger partial charge >= 0.3 is 0 Å². The Morgan fingerprint density at radius 2 is 2.16 bits per heavy atom. The standard InChI is InChI=1S/C11H12ClN5OS/c1-11(2,3)8-7(19-17-16-8)9(18)15-10-13-5-4-6(12)14-10/h4-5H,1-3H3,(H,13,14,15,18). The zero-order valence-electron chi connectivity index (χ0n) is 10.6. The van der Waals surface area contributed by atoms with Gasteiger partial charge < -0.3 is 0 Å². The molecule has 1 N–H and O–H groups in total. The minimum Gasteiger partial charge on any atom is -0.290 e. The van der Waals surface area contributed by atoms with Crippen LogP contribution in [0.15, 0.2) is 12.3 Å². The van der Waals surface area contributed by atoms with Gasteiger partial charge in [-0.25, -0.2) is 9.97 Å². The third-order valence-electron chi connectivity index (χ3n) is 2.25. The molecule has 0 atom stereocenters. The molecule has 2 heterocycles. The Balaban J connectivity index is 2.24. The highest BCUT2D eigenvalue weighted by Gasteiger charge is 2.26. The third kappa shape index (κ3) is 3.24. The van der Waals surface area contributed by atoms with E-state index in [1.807, 2.05) is 20.8 Å². The first-order valence-electron chi connectivity index (χ1n) is 5.50. The number of nitrogens with zero attached hydrogens (tertiary/aromatic N) is 4. The van der Waals surface area contributed by atoms with Crippen LogP contribution in [0.1, 0.15) is 36.1 Å². The maximum Gasteiger partial charge on any atom is 0.271 e. The van der Waals surface area contributed by atoms with Crippen molar-refractivity contribution in [2.45, 2.75) is 26.2 Å². The highest BCUT2D eigenvalue weighted by atomic mass is 35.5. The lowest BCUT2D eigenvalue weighted by Crippen LogP contribution is -2.20. The molecule has 6 nitrogen and oxygen atoms in total. The molecule has 0 saturated carbocycles. The summed E-state index contributed by atoms with van der Waals surface area (Å²) in [7, 11) is 0. The van der Waals surface area contributed by atoms with Crippen LogP contribution in [0.4, 0.5) is 5.95 Å². The summed E-state index contributed by atoms with van der Waals surface area (Å²) in [6, 6.07) is 1.53. The summed E-state index contributed by atoms with van der Waals surface area (Å²) >= 11 is 6.78. The van der Waals surface area contributed by atoms with E-state index in [9.17, 15) is 4.79 Å². The van der Waals surface area contributed by atoms with E-state index >= 15 is 0 Å². The Kier molecular flexibility index (Phi) is 3.77. The molecule has 2 rings (SSSR count). The maximum absolute atomic E-state index is 12.2. The quantitative estimate of drug-likeness (QED) is 0.862. The highest BCUT2D eigenvalue weighted by molar-refractivity contribution is 7.08. The van der Waals surface area contributed by atoms with Crippen molar-refractivity contribution in [2.75, 3.05) is 5.32 Å². The first kappa shape index (κ1) is 13.8. The van der Waals surface area contributed by atoms with Gasteiger partial charge in [0.05, 0.1) is 5.69 Å². The van der Waals surface area contributed by atoms with Gasteiger partial charge in [-0.2, -0.15) is 0 Å². The second kappa shape index (κ2) is 5.18. The lowest BCUT2D eigenvalue weighted by Gasteiger charge is -2.15. The van der Waals surface area contributed by atoms with Crippen LogP contribution in [0.5, 0.6) is 0 Å². The molecule has 2 aromatic heterocycles. The van der Waals surface area contributed by atoms with Crippen molar-refractivity contribution in [1.29, 1.82) is 0 Å². The molecule has 1 amide bonds. The van der Waals surface area contributed by atoms with E-state index in [4.69, 9.17) is 11.6 Å². The number of halogens is 1. The summed E-state index contributed by atoms with van der Waals surface area (Å²) in [4.78, 5) is 20.4. The van der Waals surface area contributed by atoms with Gasteiger partial charge in [-0.15, -0.1) is 5.10 Å². The lowest BCUT2D eigenvalue weighted by molar-refractivity contribution is 0.102. The van der Waals surface area contributed by atoms with E-state index in [0.29, 0.717) is 10.6 Å². The minimum atomic E-state index is -0.331. The molecule has 19 heavy (non-hydrogen) atoms. The second-order valence-corrected chi connectivity index (χ2v) is 6.00. The fourth-order valence-corrected chi connectivity index (χ4v) is 2.29. The third-order valence-corrected chi connectivity index (χ3v) is 3.19. The number of hydrogen-bond acceptors (Lipinski definition) is 6. The van der Waals surface area contributed by atoms with Crippen molar-refractivity contribution in [2.24, 2.45) is 0 Å². The molecule has 0 aliphatic carbocycles. The summed E-state index contributed by atoms with van der Waals surface area (Å²) in [6.07, 6.45) is 1.47. The van der Waals surface area contributed by atoms with Crippen molar-refractivity contribution in [3.05, 3.63) is 28.0 Å². The van der Waals surface area contributed by atoms with Gasteiger partial charge in [0.1, 0.15) is 10.0 Å². The Hall–Kier alpha value is -1.60. The molecule has 0 fully saturated rings. The van der Waals surface area contributed by atoms with Crippen LogP contribution in [-0.4, -0.2) is 25.5 Å². The van der Waals surface area contributed by atoms with E-state index < -0.39 is 0 Å². The van der Waals surface area contributed by atoms with Crippen LogP contribution < -0.4 is 5.32 Å². The fraction of sp³-hybridized carbons (Fsp3) is 0.364. The maximum atomic E-state index is 12.2. The number of carbonyl (C=O) groups is 1. The van der Waals surface area contributed by atoms with Crippen LogP contribution in [0.2, 0.25) is 5.15 Å². The van der Waals surface area contributed by atoms with E-state index in [-0.39, 0.29) is 22.4 Å². The highest BCUT2D eigenvalue weighted by Crippen LogP contribution is 2.26. The van der Waals surface area contributed by atoms with Gasteiger partial charge in [-0.1, -0.05) is 36.9 Å². The molecule has 8 heteroatoms. The second-order valence-electron chi connectivity index (χ2n) is 4.86. The van der Waals surface area contributed by atoms with E-state index in [2.05, 4.69) is 24.9 Å². The molecular formula is C11H12ClN5OS. The molecule has 0 spiro atoms. The molecule has 0 saturated heterocycles. The first-order valence-corrected chi connectivity index (χ1v) is 6.66. The van der Waals surface area contributed by atoms with Crippen molar-refractivity contribution >= 4 is 35.0 Å². The SMILES string of the molecule is CC(C)(C)c1nnsc1C(=O)Nc1nccc(Cl)n1. The molecule has 0 bridgehead atoms. The smallest absolute Gasteiger partial charge is 0.271 e. The first-order chi connectivity index (χ1) is 8.88. The molecule has 0 aliphatic rings. The Morgan fingerprint density at radius 1 is 1.42 bits per heavy atom. The molecule has 0 unspecified atom stereocenters. The monoisotopic (exact) mass is 297 g/mol. The number of amides is 1. The lowest BCUT2D eigenvalue weighted by atomic mass is 9.91. The minimum absolute atomic E-state index is 0.158. The number of aromatic nitrogens is 4. The predicted octanol–water partition coefficient (Wildman–Crippen LogP) is 2.53.